The number of aromatic nitrogens is 1. The van der Waals surface area contributed by atoms with Crippen molar-refractivity contribution in [3.05, 3.63) is 58.1 Å². The molecule has 2 heterocycles. The van der Waals surface area contributed by atoms with Gasteiger partial charge in [-0.25, -0.2) is 0 Å². The molecule has 5 nitrogen and oxygen atoms in total. The van der Waals surface area contributed by atoms with Gasteiger partial charge in [-0.05, 0) is 42.7 Å². The van der Waals surface area contributed by atoms with Gasteiger partial charge in [0.05, 0.1) is 11.2 Å². The summed E-state index contributed by atoms with van der Waals surface area (Å²) in [6, 6.07) is 12.2. The summed E-state index contributed by atoms with van der Waals surface area (Å²) in [5.41, 5.74) is 4.96. The first kappa shape index (κ1) is 19.6. The van der Waals surface area contributed by atoms with Crippen molar-refractivity contribution in [3.63, 3.8) is 0 Å². The van der Waals surface area contributed by atoms with Crippen molar-refractivity contribution >= 4 is 28.4 Å². The molecular formula is C24H26ClN3O2. The summed E-state index contributed by atoms with van der Waals surface area (Å²) in [5.74, 6) is -0.0771. The molecule has 5 rings (SSSR count). The van der Waals surface area contributed by atoms with E-state index in [1.165, 1.54) is 12.0 Å². The molecule has 1 aliphatic heterocycles. The first-order chi connectivity index (χ1) is 14.5. The van der Waals surface area contributed by atoms with Crippen LogP contribution in [0, 0.1) is 0 Å². The number of aliphatic hydroxyl groups is 1. The Balaban J connectivity index is 1.36. The number of carbonyl (C=O) groups excluding carboxylic acids is 1. The van der Waals surface area contributed by atoms with Gasteiger partial charge in [-0.15, -0.1) is 0 Å². The highest BCUT2D eigenvalue weighted by molar-refractivity contribution is 6.32. The molecule has 30 heavy (non-hydrogen) atoms. The number of fused-ring (bicyclic) bond motifs is 2. The van der Waals surface area contributed by atoms with Crippen LogP contribution in [0.15, 0.2) is 36.4 Å². The quantitative estimate of drug-likeness (QED) is 0.487. The Labute approximate surface area is 180 Å². The highest BCUT2D eigenvalue weighted by Gasteiger charge is 2.28. The molecule has 0 radical (unpaired) electrons. The lowest BCUT2D eigenvalue weighted by atomic mass is 9.85. The van der Waals surface area contributed by atoms with Gasteiger partial charge in [-0.3, -0.25) is 4.79 Å². The Morgan fingerprint density at radius 1 is 1.10 bits per heavy atom. The third kappa shape index (κ3) is 3.62. The van der Waals surface area contributed by atoms with E-state index in [0.29, 0.717) is 23.7 Å². The van der Waals surface area contributed by atoms with Crippen molar-refractivity contribution in [1.82, 2.24) is 15.6 Å². The van der Waals surface area contributed by atoms with E-state index >= 15 is 0 Å². The molecule has 1 amide bonds. The molecule has 4 N–H and O–H groups in total. The number of nitrogens with one attached hydrogen (secondary N) is 3. The van der Waals surface area contributed by atoms with Crippen LogP contribution in [0.25, 0.3) is 22.2 Å². The number of hydrogen-bond donors (Lipinski definition) is 4. The minimum Gasteiger partial charge on any atom is -0.389 e. The van der Waals surface area contributed by atoms with Crippen LogP contribution < -0.4 is 10.6 Å². The molecule has 2 aromatic carbocycles. The van der Waals surface area contributed by atoms with Gasteiger partial charge < -0.3 is 20.7 Å². The number of H-pyrrole nitrogens is 1. The van der Waals surface area contributed by atoms with E-state index in [1.807, 2.05) is 12.1 Å². The maximum Gasteiger partial charge on any atom is 0.252 e. The molecule has 0 bridgehead atoms. The van der Waals surface area contributed by atoms with E-state index in [0.717, 1.165) is 60.0 Å². The smallest absolute Gasteiger partial charge is 0.252 e. The van der Waals surface area contributed by atoms with Crippen molar-refractivity contribution < 1.29 is 9.90 Å². The lowest BCUT2D eigenvalue weighted by Gasteiger charge is -2.32. The summed E-state index contributed by atoms with van der Waals surface area (Å²) in [6.45, 7) is 1.83. The second kappa shape index (κ2) is 7.73. The highest BCUT2D eigenvalue weighted by atomic mass is 35.5. The van der Waals surface area contributed by atoms with Crippen LogP contribution in [0.5, 0.6) is 0 Å². The van der Waals surface area contributed by atoms with Crippen LogP contribution in [0.1, 0.15) is 53.6 Å². The number of aromatic amines is 1. The maximum absolute atomic E-state index is 12.3. The standard InChI is InChI=1S/C24H26ClN3O2/c25-19-6-5-17(22-18(19)13-27-23(22)29)21-11-16-10-15(4-7-20(16)28-21)12-26-14-24(30)8-2-1-3-9-24/h4-7,10-11,26,28,30H,1-3,8-9,12-14H2,(H,27,29). The largest absolute Gasteiger partial charge is 0.389 e. The van der Waals surface area contributed by atoms with Gasteiger partial charge in [0.1, 0.15) is 0 Å². The predicted molar refractivity (Wildman–Crippen MR) is 120 cm³/mol. The van der Waals surface area contributed by atoms with Crippen LogP contribution in [0.2, 0.25) is 5.02 Å². The molecule has 1 saturated carbocycles. The SMILES string of the molecule is O=C1NCc2c(Cl)ccc(-c3cc4cc(CNCC5(O)CCCCC5)ccc4[nH]3)c21. The molecule has 0 atom stereocenters. The number of halogens is 1. The Hall–Kier alpha value is -2.34. The summed E-state index contributed by atoms with van der Waals surface area (Å²) in [5, 5.41) is 18.7. The molecule has 1 aromatic heterocycles. The van der Waals surface area contributed by atoms with Crippen LogP contribution in [-0.2, 0) is 13.1 Å². The fourth-order valence-corrected chi connectivity index (χ4v) is 5.02. The van der Waals surface area contributed by atoms with Gasteiger partial charge in [0, 0.05) is 52.4 Å². The molecule has 0 spiro atoms. The molecule has 0 unspecified atom stereocenters. The Morgan fingerprint density at radius 3 is 2.77 bits per heavy atom. The van der Waals surface area contributed by atoms with Crippen LogP contribution in [0.4, 0.5) is 0 Å². The molecule has 1 fully saturated rings. The summed E-state index contributed by atoms with van der Waals surface area (Å²) in [6.07, 6.45) is 5.23. The zero-order valence-electron chi connectivity index (χ0n) is 16.9. The fourth-order valence-electron chi connectivity index (χ4n) is 4.80. The van der Waals surface area contributed by atoms with Gasteiger partial charge in [-0.2, -0.15) is 0 Å². The van der Waals surface area contributed by atoms with E-state index in [4.69, 9.17) is 11.6 Å². The molecule has 2 aliphatic rings. The molecule has 3 aromatic rings. The van der Waals surface area contributed by atoms with Crippen LogP contribution in [0.3, 0.4) is 0 Å². The average Bonchev–Trinajstić information content (AvgIpc) is 3.33. The lowest BCUT2D eigenvalue weighted by molar-refractivity contribution is 0.00467. The monoisotopic (exact) mass is 423 g/mol. The Morgan fingerprint density at radius 2 is 1.93 bits per heavy atom. The maximum atomic E-state index is 12.3. The summed E-state index contributed by atoms with van der Waals surface area (Å²) >= 11 is 6.28. The first-order valence-electron chi connectivity index (χ1n) is 10.7. The van der Waals surface area contributed by atoms with Crippen molar-refractivity contribution in [1.29, 1.82) is 0 Å². The van der Waals surface area contributed by atoms with E-state index in [9.17, 15) is 9.90 Å². The third-order valence-electron chi connectivity index (χ3n) is 6.45. The highest BCUT2D eigenvalue weighted by Crippen LogP contribution is 2.35. The van der Waals surface area contributed by atoms with Crippen LogP contribution >= 0.6 is 11.6 Å². The van der Waals surface area contributed by atoms with Gasteiger partial charge in [-0.1, -0.05) is 43.0 Å². The third-order valence-corrected chi connectivity index (χ3v) is 6.81. The minimum absolute atomic E-state index is 0.0771. The van der Waals surface area contributed by atoms with Gasteiger partial charge in [0.15, 0.2) is 0 Å². The number of carbonyl (C=O) groups is 1. The van der Waals surface area contributed by atoms with Crippen molar-refractivity contribution in [2.75, 3.05) is 6.54 Å². The summed E-state index contributed by atoms with van der Waals surface area (Å²) in [4.78, 5) is 15.8. The molecule has 156 valence electrons. The van der Waals surface area contributed by atoms with Crippen molar-refractivity contribution in [2.24, 2.45) is 0 Å². The fraction of sp³-hybridized carbons (Fsp3) is 0.375. The first-order valence-corrected chi connectivity index (χ1v) is 11.0. The van der Waals surface area contributed by atoms with Crippen LogP contribution in [-0.4, -0.2) is 28.1 Å². The van der Waals surface area contributed by atoms with Crippen molar-refractivity contribution in [3.8, 4) is 11.3 Å². The number of rotatable bonds is 5. The Bertz CT molecular complexity index is 1120. The summed E-state index contributed by atoms with van der Waals surface area (Å²) in [7, 11) is 0. The zero-order valence-corrected chi connectivity index (χ0v) is 17.6. The molecule has 1 aliphatic carbocycles. The van der Waals surface area contributed by atoms with E-state index in [2.05, 4.69) is 39.9 Å². The average molecular weight is 424 g/mol. The lowest BCUT2D eigenvalue weighted by Crippen LogP contribution is -2.41. The van der Waals surface area contributed by atoms with Gasteiger partial charge in [0.25, 0.3) is 5.91 Å². The topological polar surface area (TPSA) is 77.2 Å². The van der Waals surface area contributed by atoms with E-state index < -0.39 is 5.60 Å². The second-order valence-corrected chi connectivity index (χ2v) is 9.03. The summed E-state index contributed by atoms with van der Waals surface area (Å²) < 4.78 is 0. The van der Waals surface area contributed by atoms with E-state index in [1.54, 1.807) is 0 Å². The van der Waals surface area contributed by atoms with E-state index in [-0.39, 0.29) is 5.91 Å². The van der Waals surface area contributed by atoms with Gasteiger partial charge >= 0.3 is 0 Å². The molecular weight excluding hydrogens is 398 g/mol. The molecule has 6 heteroatoms. The Kier molecular flexibility index (Phi) is 5.05. The second-order valence-electron chi connectivity index (χ2n) is 8.62. The normalized spacial score (nSPS) is 17.9. The number of amides is 1. The number of benzene rings is 2. The predicted octanol–water partition coefficient (Wildman–Crippen LogP) is 4.52. The van der Waals surface area contributed by atoms with Crippen molar-refractivity contribution in [2.45, 2.75) is 50.8 Å². The minimum atomic E-state index is -0.556. The molecule has 0 saturated heterocycles. The van der Waals surface area contributed by atoms with Gasteiger partial charge in [0.2, 0.25) is 0 Å². The number of hydrogen-bond acceptors (Lipinski definition) is 3. The zero-order chi connectivity index (χ0) is 20.7.